The highest BCUT2D eigenvalue weighted by Gasteiger charge is 2.26. The Morgan fingerprint density at radius 2 is 1.97 bits per heavy atom. The lowest BCUT2D eigenvalue weighted by Gasteiger charge is -2.22. The van der Waals surface area contributed by atoms with Crippen LogP contribution >= 0.6 is 0 Å². The number of ether oxygens (including phenoxy) is 1. The van der Waals surface area contributed by atoms with Crippen molar-refractivity contribution in [2.75, 3.05) is 11.9 Å². The van der Waals surface area contributed by atoms with Crippen LogP contribution in [0.1, 0.15) is 57.6 Å². The van der Waals surface area contributed by atoms with Gasteiger partial charge in [0.05, 0.1) is 19.3 Å². The van der Waals surface area contributed by atoms with Gasteiger partial charge < -0.3 is 10.1 Å². The smallest absolute Gasteiger partial charge is 0.230 e. The van der Waals surface area contributed by atoms with Crippen LogP contribution in [0, 0.1) is 11.7 Å². The van der Waals surface area contributed by atoms with Gasteiger partial charge in [-0.1, -0.05) is 41.2 Å². The minimum atomic E-state index is -3.34. The molecule has 3 rings (SSSR count). The van der Waals surface area contributed by atoms with Crippen LogP contribution in [0.3, 0.4) is 0 Å². The summed E-state index contributed by atoms with van der Waals surface area (Å²) in [5.74, 6) is 0.639. The zero-order chi connectivity index (χ0) is 22.2. The van der Waals surface area contributed by atoms with Gasteiger partial charge in [-0.15, -0.1) is 0 Å². The summed E-state index contributed by atoms with van der Waals surface area (Å²) in [6, 6.07) is 2.99. The molecule has 2 unspecified atom stereocenters. The number of nitrogens with zero attached hydrogens (tertiary/aromatic N) is 3. The lowest BCUT2D eigenvalue weighted by Crippen LogP contribution is -2.25. The number of anilines is 1. The van der Waals surface area contributed by atoms with E-state index >= 15 is 0 Å². The van der Waals surface area contributed by atoms with E-state index in [9.17, 15) is 8.60 Å². The summed E-state index contributed by atoms with van der Waals surface area (Å²) < 4.78 is 38.9. The van der Waals surface area contributed by atoms with Crippen molar-refractivity contribution >= 4 is 15.6 Å². The quantitative estimate of drug-likeness (QED) is 0.694. The van der Waals surface area contributed by atoms with E-state index in [2.05, 4.69) is 21.4 Å². The molecule has 1 aliphatic rings. The minimum absolute atomic E-state index is 0.0637. The lowest BCUT2D eigenvalue weighted by atomic mass is 9.92. The zero-order valence-electron chi connectivity index (χ0n) is 18.1. The van der Waals surface area contributed by atoms with Crippen LogP contribution in [0.25, 0.3) is 0 Å². The fourth-order valence-corrected chi connectivity index (χ4v) is 4.57. The average Bonchev–Trinajstić information content (AvgIpc) is 3.05. The standard InChI is InChI=1S/C21H30FN5O2S/c1-12(2)17-7-16(22)8-18(13(3)4)20(17)25-15(6)26-30(23,28)19-9-24-27-10-14(5)11-29-21(19)27/h7-9,12-14,25H,6,10-11H2,1-5H3,(H2,23,26,28). The number of fused-ring (bicyclic) bond motifs is 1. The molecule has 1 aliphatic heterocycles. The maximum atomic E-state index is 14.1. The highest BCUT2D eigenvalue weighted by atomic mass is 32.2. The molecular formula is C21H30FN5O2S. The fourth-order valence-electron chi connectivity index (χ4n) is 3.49. The Morgan fingerprint density at radius 3 is 2.53 bits per heavy atom. The van der Waals surface area contributed by atoms with Gasteiger partial charge in [0.2, 0.25) is 5.88 Å². The predicted octanol–water partition coefficient (Wildman–Crippen LogP) is 4.58. The number of aromatic nitrogens is 2. The first-order valence-electron chi connectivity index (χ1n) is 10.0. The molecular weight excluding hydrogens is 405 g/mol. The second-order valence-electron chi connectivity index (χ2n) is 8.41. The SMILES string of the molecule is C=C(N=S(N)(=O)c1cnn2c1OCC(C)C2)Nc1c(C(C)C)cc(F)cc1C(C)C. The van der Waals surface area contributed by atoms with Gasteiger partial charge in [-0.3, -0.25) is 0 Å². The Hall–Kier alpha value is -2.39. The molecule has 164 valence electrons. The van der Waals surface area contributed by atoms with E-state index in [1.165, 1.54) is 18.3 Å². The number of hydrogen-bond donors (Lipinski definition) is 2. The third kappa shape index (κ3) is 4.52. The lowest BCUT2D eigenvalue weighted by molar-refractivity contribution is 0.171. The second-order valence-corrected chi connectivity index (χ2v) is 10.2. The molecule has 1 aromatic carbocycles. The maximum Gasteiger partial charge on any atom is 0.230 e. The van der Waals surface area contributed by atoms with Crippen molar-refractivity contribution in [1.29, 1.82) is 0 Å². The van der Waals surface area contributed by atoms with Crippen LogP contribution in [-0.4, -0.2) is 20.6 Å². The third-order valence-corrected chi connectivity index (χ3v) is 6.39. The monoisotopic (exact) mass is 435 g/mol. The van der Waals surface area contributed by atoms with Gasteiger partial charge in [0.1, 0.15) is 26.4 Å². The van der Waals surface area contributed by atoms with Crippen molar-refractivity contribution in [3.63, 3.8) is 0 Å². The van der Waals surface area contributed by atoms with E-state index in [0.29, 0.717) is 30.6 Å². The molecule has 0 fully saturated rings. The summed E-state index contributed by atoms with van der Waals surface area (Å²) in [6.07, 6.45) is 1.43. The molecule has 2 atom stereocenters. The van der Waals surface area contributed by atoms with Gasteiger partial charge in [0.15, 0.2) is 0 Å². The molecule has 2 heterocycles. The van der Waals surface area contributed by atoms with Crippen molar-refractivity contribution in [2.45, 2.75) is 57.9 Å². The number of hydrogen-bond acceptors (Lipinski definition) is 5. The first-order valence-corrected chi connectivity index (χ1v) is 11.6. The molecule has 0 saturated carbocycles. The molecule has 2 aromatic rings. The van der Waals surface area contributed by atoms with Crippen LogP contribution in [0.5, 0.6) is 5.88 Å². The van der Waals surface area contributed by atoms with Crippen molar-refractivity contribution in [3.05, 3.63) is 47.7 Å². The van der Waals surface area contributed by atoms with Crippen molar-refractivity contribution in [2.24, 2.45) is 15.4 Å². The Morgan fingerprint density at radius 1 is 1.37 bits per heavy atom. The molecule has 0 saturated heterocycles. The summed E-state index contributed by atoms with van der Waals surface area (Å²) >= 11 is 0. The molecule has 0 amide bonds. The molecule has 0 bridgehead atoms. The molecule has 3 N–H and O–H groups in total. The Balaban J connectivity index is 1.97. The van der Waals surface area contributed by atoms with Gasteiger partial charge in [-0.2, -0.15) is 9.46 Å². The summed E-state index contributed by atoms with van der Waals surface area (Å²) in [4.78, 5) is 0.240. The van der Waals surface area contributed by atoms with E-state index in [4.69, 9.17) is 9.88 Å². The van der Waals surface area contributed by atoms with Crippen LogP contribution in [0.2, 0.25) is 0 Å². The van der Waals surface area contributed by atoms with Gasteiger partial charge in [0.25, 0.3) is 0 Å². The average molecular weight is 436 g/mol. The fraction of sp³-hybridized carbons (Fsp3) is 0.476. The van der Waals surface area contributed by atoms with E-state index in [1.807, 2.05) is 34.6 Å². The number of nitrogens with one attached hydrogen (secondary N) is 1. The summed E-state index contributed by atoms with van der Waals surface area (Å²) in [7, 11) is -3.34. The van der Waals surface area contributed by atoms with Crippen molar-refractivity contribution < 1.29 is 13.3 Å². The molecule has 7 nitrogen and oxygen atoms in total. The van der Waals surface area contributed by atoms with E-state index in [-0.39, 0.29) is 28.4 Å². The van der Waals surface area contributed by atoms with E-state index < -0.39 is 9.92 Å². The number of nitrogens with two attached hydrogens (primary N) is 1. The van der Waals surface area contributed by atoms with Gasteiger partial charge in [-0.25, -0.2) is 18.4 Å². The molecule has 0 spiro atoms. The van der Waals surface area contributed by atoms with Gasteiger partial charge in [-0.05, 0) is 35.1 Å². The van der Waals surface area contributed by atoms with Gasteiger partial charge in [0, 0.05) is 11.6 Å². The van der Waals surface area contributed by atoms with Crippen LogP contribution in [0.15, 0.2) is 40.0 Å². The summed E-state index contributed by atoms with van der Waals surface area (Å²) in [6.45, 7) is 15.0. The number of rotatable bonds is 6. The Labute approximate surface area is 177 Å². The van der Waals surface area contributed by atoms with E-state index in [0.717, 1.165) is 11.1 Å². The van der Waals surface area contributed by atoms with Crippen molar-refractivity contribution in [1.82, 2.24) is 9.78 Å². The summed E-state index contributed by atoms with van der Waals surface area (Å²) in [5.41, 5.74) is 2.30. The topological polar surface area (TPSA) is 94.5 Å². The first kappa shape index (κ1) is 22.3. The second kappa shape index (κ2) is 8.39. The minimum Gasteiger partial charge on any atom is -0.477 e. The zero-order valence-corrected chi connectivity index (χ0v) is 18.9. The normalized spacial score (nSPS) is 18.0. The maximum absolute atomic E-state index is 14.1. The predicted molar refractivity (Wildman–Crippen MR) is 117 cm³/mol. The first-order chi connectivity index (χ1) is 14.0. The molecule has 9 heteroatoms. The number of benzene rings is 1. The van der Waals surface area contributed by atoms with Crippen LogP contribution in [0.4, 0.5) is 10.1 Å². The van der Waals surface area contributed by atoms with Crippen molar-refractivity contribution in [3.8, 4) is 5.88 Å². The molecule has 0 aliphatic carbocycles. The summed E-state index contributed by atoms with van der Waals surface area (Å²) in [5, 5.41) is 13.4. The Bertz CT molecular complexity index is 1050. The van der Waals surface area contributed by atoms with Crippen LogP contribution in [-0.2, 0) is 16.5 Å². The highest BCUT2D eigenvalue weighted by Crippen LogP contribution is 2.35. The van der Waals surface area contributed by atoms with Crippen LogP contribution < -0.4 is 15.2 Å². The molecule has 30 heavy (non-hydrogen) atoms. The number of halogens is 1. The van der Waals surface area contributed by atoms with E-state index in [1.54, 1.807) is 4.68 Å². The molecule has 1 aromatic heterocycles. The molecule has 0 radical (unpaired) electrons. The van der Waals surface area contributed by atoms with Gasteiger partial charge >= 0.3 is 0 Å². The largest absolute Gasteiger partial charge is 0.477 e. The Kier molecular flexibility index (Phi) is 6.24. The third-order valence-electron chi connectivity index (χ3n) is 4.99. The highest BCUT2D eigenvalue weighted by molar-refractivity contribution is 7.91.